The van der Waals surface area contributed by atoms with E-state index in [1.807, 2.05) is 30.3 Å². The van der Waals surface area contributed by atoms with E-state index < -0.39 is 14.4 Å². The summed E-state index contributed by atoms with van der Waals surface area (Å²) in [6.45, 7) is 13.0. The van der Waals surface area contributed by atoms with Gasteiger partial charge in [0.15, 0.2) is 14.4 Å². The van der Waals surface area contributed by atoms with Crippen LogP contribution in [0, 0.1) is 0 Å². The minimum atomic E-state index is -1.87. The van der Waals surface area contributed by atoms with Crippen LogP contribution in [0.3, 0.4) is 0 Å². The Morgan fingerprint density at radius 2 is 1.73 bits per heavy atom. The molecule has 5 heteroatoms. The molecule has 1 aromatic carbocycles. The lowest BCUT2D eigenvalue weighted by molar-refractivity contribution is -0.149. The highest BCUT2D eigenvalue weighted by Gasteiger charge is 2.37. The fraction of sp³-hybridized carbons (Fsp3) is 0.588. The highest BCUT2D eigenvalue weighted by molar-refractivity contribution is 6.74. The van der Waals surface area contributed by atoms with E-state index in [2.05, 4.69) is 33.9 Å². The molecular formula is C17H28O4Si. The Balaban J connectivity index is 2.59. The van der Waals surface area contributed by atoms with Crippen molar-refractivity contribution in [3.05, 3.63) is 30.3 Å². The minimum absolute atomic E-state index is 0.119. The molecule has 0 aliphatic rings. The SMILES string of the molecule is CC(=O)OC(COc1ccccc1)CO[Si](C)(C)C(C)(C)C. The van der Waals surface area contributed by atoms with E-state index in [0.717, 1.165) is 5.75 Å². The third kappa shape index (κ3) is 6.20. The molecular weight excluding hydrogens is 296 g/mol. The van der Waals surface area contributed by atoms with Crippen LogP contribution in [0.4, 0.5) is 0 Å². The van der Waals surface area contributed by atoms with Gasteiger partial charge in [-0.15, -0.1) is 0 Å². The smallest absolute Gasteiger partial charge is 0.303 e. The predicted molar refractivity (Wildman–Crippen MR) is 90.6 cm³/mol. The Hall–Kier alpha value is -1.33. The average Bonchev–Trinajstić information content (AvgIpc) is 2.41. The highest BCUT2D eigenvalue weighted by Crippen LogP contribution is 2.36. The van der Waals surface area contributed by atoms with E-state index in [4.69, 9.17) is 13.9 Å². The van der Waals surface area contributed by atoms with Crippen LogP contribution in [0.5, 0.6) is 5.75 Å². The standard InChI is InChI=1S/C17H28O4Si/c1-14(18)21-16(12-19-15-10-8-7-9-11-15)13-20-22(5,6)17(2,3)4/h7-11,16H,12-13H2,1-6H3. The fourth-order valence-corrected chi connectivity index (χ4v) is 2.61. The molecule has 22 heavy (non-hydrogen) atoms. The Labute approximate surface area is 134 Å². The van der Waals surface area contributed by atoms with Crippen molar-refractivity contribution in [1.82, 2.24) is 0 Å². The summed E-state index contributed by atoms with van der Waals surface area (Å²) in [6, 6.07) is 9.49. The molecule has 0 aromatic heterocycles. The maximum absolute atomic E-state index is 11.3. The van der Waals surface area contributed by atoms with Crippen LogP contribution in [0.1, 0.15) is 27.7 Å². The molecule has 0 saturated carbocycles. The molecule has 0 aliphatic carbocycles. The van der Waals surface area contributed by atoms with E-state index in [1.54, 1.807) is 0 Å². The number of esters is 1. The van der Waals surface area contributed by atoms with Crippen molar-refractivity contribution in [2.45, 2.75) is 51.9 Å². The second kappa shape index (κ2) is 7.79. The van der Waals surface area contributed by atoms with Gasteiger partial charge in [-0.1, -0.05) is 39.0 Å². The Bertz CT molecular complexity index is 465. The van der Waals surface area contributed by atoms with Crippen LogP contribution in [-0.4, -0.2) is 33.6 Å². The summed E-state index contributed by atoms with van der Waals surface area (Å²) in [4.78, 5) is 11.3. The average molecular weight is 324 g/mol. The number of ether oxygens (including phenoxy) is 2. The molecule has 1 rings (SSSR count). The molecule has 1 atom stereocenters. The molecule has 0 bridgehead atoms. The zero-order valence-electron chi connectivity index (χ0n) is 14.5. The lowest BCUT2D eigenvalue weighted by Gasteiger charge is -2.37. The maximum Gasteiger partial charge on any atom is 0.303 e. The summed E-state index contributed by atoms with van der Waals surface area (Å²) in [7, 11) is -1.87. The molecule has 0 N–H and O–H groups in total. The van der Waals surface area contributed by atoms with Crippen LogP contribution >= 0.6 is 0 Å². The fourth-order valence-electron chi connectivity index (χ4n) is 1.57. The molecule has 4 nitrogen and oxygen atoms in total. The highest BCUT2D eigenvalue weighted by atomic mass is 28.4. The summed E-state index contributed by atoms with van der Waals surface area (Å²) in [5.74, 6) is 0.437. The monoisotopic (exact) mass is 324 g/mol. The van der Waals surface area contributed by atoms with Crippen LogP contribution in [-0.2, 0) is 14.0 Å². The van der Waals surface area contributed by atoms with Crippen molar-refractivity contribution < 1.29 is 18.7 Å². The number of benzene rings is 1. The van der Waals surface area contributed by atoms with Gasteiger partial charge in [-0.05, 0) is 30.3 Å². The summed E-state index contributed by atoms with van der Waals surface area (Å²) in [5.41, 5.74) is 0. The minimum Gasteiger partial charge on any atom is -0.490 e. The summed E-state index contributed by atoms with van der Waals surface area (Å²) >= 11 is 0. The van der Waals surface area contributed by atoms with Gasteiger partial charge in [0.2, 0.25) is 0 Å². The quantitative estimate of drug-likeness (QED) is 0.561. The van der Waals surface area contributed by atoms with Gasteiger partial charge < -0.3 is 13.9 Å². The molecule has 124 valence electrons. The van der Waals surface area contributed by atoms with Gasteiger partial charge in [0.1, 0.15) is 12.4 Å². The summed E-state index contributed by atoms with van der Waals surface area (Å²) in [5, 5.41) is 0.119. The van der Waals surface area contributed by atoms with Gasteiger partial charge in [0, 0.05) is 6.92 Å². The first-order valence-corrected chi connectivity index (χ1v) is 10.5. The first kappa shape index (κ1) is 18.7. The van der Waals surface area contributed by atoms with Crippen molar-refractivity contribution >= 4 is 14.3 Å². The number of hydrogen-bond donors (Lipinski definition) is 0. The van der Waals surface area contributed by atoms with Crippen LogP contribution in [0.2, 0.25) is 18.1 Å². The Morgan fingerprint density at radius 1 is 1.14 bits per heavy atom. The van der Waals surface area contributed by atoms with Crippen LogP contribution in [0.25, 0.3) is 0 Å². The molecule has 0 spiro atoms. The van der Waals surface area contributed by atoms with Crippen molar-refractivity contribution in [2.24, 2.45) is 0 Å². The molecule has 0 radical (unpaired) electrons. The number of carbonyl (C=O) groups is 1. The number of rotatable bonds is 7. The van der Waals surface area contributed by atoms with Crippen molar-refractivity contribution in [2.75, 3.05) is 13.2 Å². The zero-order chi connectivity index (χ0) is 16.8. The Morgan fingerprint density at radius 3 is 2.23 bits per heavy atom. The normalized spacial score (nSPS) is 13.5. The molecule has 0 aliphatic heterocycles. The molecule has 0 fully saturated rings. The third-order valence-corrected chi connectivity index (χ3v) is 8.45. The van der Waals surface area contributed by atoms with E-state index in [1.165, 1.54) is 6.92 Å². The number of para-hydroxylation sites is 1. The Kier molecular flexibility index (Phi) is 6.62. The first-order valence-electron chi connectivity index (χ1n) is 7.61. The van der Waals surface area contributed by atoms with Gasteiger partial charge in [-0.25, -0.2) is 0 Å². The topological polar surface area (TPSA) is 44.8 Å². The molecule has 1 unspecified atom stereocenters. The summed E-state index contributed by atoms with van der Waals surface area (Å²) in [6.07, 6.45) is -0.396. The summed E-state index contributed by atoms with van der Waals surface area (Å²) < 4.78 is 17.1. The van der Waals surface area contributed by atoms with E-state index in [-0.39, 0.29) is 17.6 Å². The second-order valence-electron chi connectivity index (χ2n) is 6.93. The molecule has 0 amide bonds. The van der Waals surface area contributed by atoms with Gasteiger partial charge in [-0.2, -0.15) is 0 Å². The number of hydrogen-bond acceptors (Lipinski definition) is 4. The largest absolute Gasteiger partial charge is 0.490 e. The van der Waals surface area contributed by atoms with Crippen molar-refractivity contribution in [3.63, 3.8) is 0 Å². The molecule has 0 heterocycles. The second-order valence-corrected chi connectivity index (χ2v) is 11.7. The van der Waals surface area contributed by atoms with E-state index >= 15 is 0 Å². The predicted octanol–water partition coefficient (Wildman–Crippen LogP) is 4.02. The number of carbonyl (C=O) groups excluding carboxylic acids is 1. The first-order chi connectivity index (χ1) is 10.1. The van der Waals surface area contributed by atoms with E-state index in [9.17, 15) is 4.79 Å². The van der Waals surface area contributed by atoms with Gasteiger partial charge in [0.05, 0.1) is 6.61 Å². The zero-order valence-corrected chi connectivity index (χ0v) is 15.5. The van der Waals surface area contributed by atoms with Crippen molar-refractivity contribution in [1.29, 1.82) is 0 Å². The van der Waals surface area contributed by atoms with Crippen LogP contribution in [0.15, 0.2) is 30.3 Å². The molecule has 1 aromatic rings. The van der Waals surface area contributed by atoms with E-state index in [0.29, 0.717) is 6.61 Å². The van der Waals surface area contributed by atoms with Gasteiger partial charge in [0.25, 0.3) is 0 Å². The van der Waals surface area contributed by atoms with Gasteiger partial charge >= 0.3 is 5.97 Å². The lowest BCUT2D eigenvalue weighted by Crippen LogP contribution is -2.44. The van der Waals surface area contributed by atoms with Crippen LogP contribution < -0.4 is 4.74 Å². The van der Waals surface area contributed by atoms with Gasteiger partial charge in [-0.3, -0.25) is 4.79 Å². The third-order valence-electron chi connectivity index (χ3n) is 3.95. The lowest BCUT2D eigenvalue weighted by atomic mass is 10.2. The molecule has 0 saturated heterocycles. The van der Waals surface area contributed by atoms with Crippen molar-refractivity contribution in [3.8, 4) is 5.75 Å². The maximum atomic E-state index is 11.3.